The first-order chi connectivity index (χ1) is 40.1. The van der Waals surface area contributed by atoms with Gasteiger partial charge in [-0.15, -0.1) is 0 Å². The molecule has 8 aliphatic rings. The van der Waals surface area contributed by atoms with Gasteiger partial charge in [-0.2, -0.15) is 0 Å². The number of halogens is 4. The predicted octanol–water partition coefficient (Wildman–Crippen LogP) is 10.8. The Morgan fingerprint density at radius 2 is 0.988 bits per heavy atom. The molecule has 444 valence electrons. The van der Waals surface area contributed by atoms with Crippen molar-refractivity contribution < 1.29 is 56.4 Å². The maximum absolute atomic E-state index is 17.2. The fraction of sp³-hybridized carbons (Fsp3) is 0.607. The van der Waals surface area contributed by atoms with Crippen LogP contribution in [0.5, 0.6) is 0 Å². The number of likely N-dealkylation sites (tertiary alicyclic amines) is 2. The van der Waals surface area contributed by atoms with Gasteiger partial charge in [0, 0.05) is 94.6 Å². The van der Waals surface area contributed by atoms with Crippen LogP contribution in [0.2, 0.25) is 0 Å². The van der Waals surface area contributed by atoms with E-state index in [1.807, 2.05) is 9.80 Å². The van der Waals surface area contributed by atoms with Crippen LogP contribution < -0.4 is 9.80 Å². The number of H-pyrrole nitrogens is 2. The first-order valence-corrected chi connectivity index (χ1v) is 30.2. The third-order valence-electron chi connectivity index (χ3n) is 20.5. The van der Waals surface area contributed by atoms with Crippen LogP contribution in [0.3, 0.4) is 0 Å². The maximum Gasteiger partial charge on any atom is 0.407 e. The van der Waals surface area contributed by atoms with Crippen molar-refractivity contribution in [2.45, 2.75) is 157 Å². The predicted molar refractivity (Wildman–Crippen MR) is 299 cm³/mol. The van der Waals surface area contributed by atoms with Crippen molar-refractivity contribution in [3.63, 3.8) is 0 Å². The van der Waals surface area contributed by atoms with Crippen LogP contribution in [0.1, 0.15) is 156 Å². The molecule has 10 atom stereocenters. The van der Waals surface area contributed by atoms with E-state index in [4.69, 9.17) is 19.4 Å². The largest absolute Gasteiger partial charge is 0.465 e. The summed E-state index contributed by atoms with van der Waals surface area (Å²) >= 11 is 0. The zero-order valence-corrected chi connectivity index (χ0v) is 47.1. The number of benzene rings is 3. The maximum atomic E-state index is 17.2. The number of rotatable bonds is 12. The molecular weight excluding hydrogens is 1080 g/mol. The number of aromatic amines is 2. The van der Waals surface area contributed by atoms with E-state index in [1.54, 1.807) is 21.9 Å². The summed E-state index contributed by atoms with van der Waals surface area (Å²) in [4.78, 5) is 81.2. The number of carbonyl (C=O) groups excluding carboxylic acids is 2. The Morgan fingerprint density at radius 3 is 1.41 bits per heavy atom. The van der Waals surface area contributed by atoms with Crippen LogP contribution in [0.15, 0.2) is 36.4 Å². The van der Waals surface area contributed by atoms with Crippen molar-refractivity contribution in [2.24, 2.45) is 23.7 Å². The number of hydrogen-bond acceptors (Lipinski definition) is 10. The topological polar surface area (TPSA) is 204 Å². The lowest BCUT2D eigenvalue weighted by Gasteiger charge is -2.39. The second-order valence-electron chi connectivity index (χ2n) is 24.9. The van der Waals surface area contributed by atoms with Gasteiger partial charge in [-0.05, 0) is 144 Å². The number of aromatic nitrogens is 4. The average Bonchev–Trinajstić information content (AvgIpc) is 4.53. The van der Waals surface area contributed by atoms with Crippen molar-refractivity contribution in [2.75, 3.05) is 63.4 Å². The minimum absolute atomic E-state index is 0.108. The van der Waals surface area contributed by atoms with Crippen LogP contribution >= 0.6 is 0 Å². The van der Waals surface area contributed by atoms with Gasteiger partial charge in [0.1, 0.15) is 41.1 Å². The third-order valence-corrected chi connectivity index (χ3v) is 20.5. The van der Waals surface area contributed by atoms with E-state index in [-0.39, 0.29) is 82.9 Å². The highest BCUT2D eigenvalue weighted by Crippen LogP contribution is 2.53. The Bertz CT molecular complexity index is 3110. The molecule has 3 aromatic carbocycles. The van der Waals surface area contributed by atoms with Crippen LogP contribution in [-0.4, -0.2) is 152 Å². The molecule has 2 aliphatic carbocycles. The Kier molecular flexibility index (Phi) is 15.0. The number of nitrogens with zero attached hydrogens (tertiary/aromatic N) is 8. The van der Waals surface area contributed by atoms with Gasteiger partial charge in [0.15, 0.2) is 11.6 Å². The number of ether oxygens (including phenoxy) is 2. The summed E-state index contributed by atoms with van der Waals surface area (Å²) in [6, 6.07) is 3.62. The number of carboxylic acid groups (broad SMARTS) is 2. The lowest BCUT2D eigenvalue weighted by Crippen LogP contribution is -2.55. The molecular formula is C61H74F4N10O8. The van der Waals surface area contributed by atoms with Gasteiger partial charge in [-0.3, -0.25) is 19.4 Å². The van der Waals surface area contributed by atoms with Crippen LogP contribution in [0, 0.1) is 46.9 Å². The third kappa shape index (κ3) is 9.89. The van der Waals surface area contributed by atoms with Crippen molar-refractivity contribution in [3.8, 4) is 0 Å². The summed E-state index contributed by atoms with van der Waals surface area (Å²) < 4.78 is 79.1. The Labute approximate surface area is 478 Å². The summed E-state index contributed by atoms with van der Waals surface area (Å²) in [5.41, 5.74) is 1.94. The molecule has 8 fully saturated rings. The van der Waals surface area contributed by atoms with E-state index in [9.17, 15) is 29.4 Å². The standard InChI is InChI=1S/C61H74F4N10O8/c1-70(60(78)79)53(32-14-20-82-21-15-32)58(76)74-47-10-6-8-34(47)24-51(74)56-66-43-28-37(39(62)30-45(43)68-56)49-12-13-50(73(49)36-26-41(64)55(42(65)27-36)72-18-4-3-5-19-72)38-29-44-46(31-40(38)63)69-57(67-44)52-25-35-9-7-11-48(35)75(52)59(77)54(71(2)61(80)81)33-16-22-83-23-17-33/h26-35,47-54H,3-25H2,1-2H3,(H,66,68)(H,67,69)(H,78,79)(H,80,81)/t34-,35-,47-,48-,49+,50+,51-,52-,53-,54-/m0/s1. The number of hydrogen-bond donors (Lipinski definition) is 4. The zero-order valence-electron chi connectivity index (χ0n) is 47.1. The quantitative estimate of drug-likeness (QED) is 0.0862. The molecule has 22 heteroatoms. The lowest BCUT2D eigenvalue weighted by atomic mass is 9.89. The van der Waals surface area contributed by atoms with Gasteiger partial charge in [0.2, 0.25) is 11.8 Å². The van der Waals surface area contributed by atoms with Crippen LogP contribution in [-0.2, 0) is 19.1 Å². The number of fused-ring (bicyclic) bond motifs is 4. The number of likely N-dealkylation sites (N-methyl/N-ethyl adjacent to an activating group) is 2. The SMILES string of the molecule is CN(C(=O)O)[C@H](C(=O)N1[C@H](c2nc3cc(F)c([C@H]4CC[C@H](c5cc6[nH]c([C@@H]7C[C@@H]8CCC[C@@H]8N7C(=O)[C@H](C7CCOCC7)N(C)C(=O)O)nc6cc5F)N4c4cc(F)c(N5CCCCC5)c(F)c4)cc3[nH]2)C[C@@H]2CCC[C@@H]21)C1CCOCC1. The van der Waals surface area contributed by atoms with Crippen molar-refractivity contribution in [3.05, 3.63) is 82.4 Å². The molecule has 83 heavy (non-hydrogen) atoms. The van der Waals surface area contributed by atoms with E-state index in [0.717, 1.165) is 67.6 Å². The fourth-order valence-corrected chi connectivity index (χ4v) is 16.5. The summed E-state index contributed by atoms with van der Waals surface area (Å²) in [7, 11) is 2.89. The molecule has 4 N–H and O–H groups in total. The normalized spacial score (nSPS) is 27.6. The summed E-state index contributed by atoms with van der Waals surface area (Å²) in [5, 5.41) is 20.5. The summed E-state index contributed by atoms with van der Waals surface area (Å²) in [6.45, 7) is 2.69. The minimum atomic E-state index is -1.20. The first-order valence-electron chi connectivity index (χ1n) is 30.2. The number of piperidine rings is 1. The van der Waals surface area contributed by atoms with Gasteiger partial charge in [0.05, 0.1) is 46.2 Å². The molecule has 2 saturated carbocycles. The Morgan fingerprint density at radius 1 is 0.554 bits per heavy atom. The Hall–Kier alpha value is -6.68. The average molecular weight is 1150 g/mol. The van der Waals surface area contributed by atoms with Gasteiger partial charge >= 0.3 is 12.2 Å². The molecule has 5 aromatic rings. The first kappa shape index (κ1) is 55.5. The van der Waals surface area contributed by atoms with E-state index in [2.05, 4.69) is 9.97 Å². The second-order valence-corrected chi connectivity index (χ2v) is 24.9. The molecule has 2 aromatic heterocycles. The van der Waals surface area contributed by atoms with E-state index >= 15 is 17.6 Å². The van der Waals surface area contributed by atoms with Gasteiger partial charge < -0.3 is 49.3 Å². The van der Waals surface area contributed by atoms with E-state index in [1.165, 1.54) is 38.4 Å². The molecule has 18 nitrogen and oxygen atoms in total. The van der Waals surface area contributed by atoms with Gasteiger partial charge in [0.25, 0.3) is 0 Å². The molecule has 0 unspecified atom stereocenters. The van der Waals surface area contributed by atoms with E-state index < -0.39 is 71.7 Å². The van der Waals surface area contributed by atoms with Crippen LogP contribution in [0.25, 0.3) is 22.1 Å². The molecule has 0 bridgehead atoms. The van der Waals surface area contributed by atoms with Gasteiger partial charge in [-0.25, -0.2) is 37.1 Å². The van der Waals surface area contributed by atoms with E-state index in [0.29, 0.717) is 112 Å². The second kappa shape index (κ2) is 22.4. The lowest BCUT2D eigenvalue weighted by molar-refractivity contribution is -0.143. The number of anilines is 2. The molecule has 0 radical (unpaired) electrons. The number of nitrogens with one attached hydrogen (secondary N) is 2. The monoisotopic (exact) mass is 1150 g/mol. The zero-order chi connectivity index (χ0) is 57.5. The highest BCUT2D eigenvalue weighted by Gasteiger charge is 2.53. The Balaban J connectivity index is 0.855. The van der Waals surface area contributed by atoms with Crippen molar-refractivity contribution >= 4 is 57.4 Å². The summed E-state index contributed by atoms with van der Waals surface area (Å²) in [5.74, 6) is -2.60. The molecule has 0 spiro atoms. The number of imidazole rings is 2. The fourth-order valence-electron chi connectivity index (χ4n) is 16.5. The van der Waals surface area contributed by atoms with Gasteiger partial charge in [-0.1, -0.05) is 12.8 Å². The minimum Gasteiger partial charge on any atom is -0.465 e. The molecule has 6 saturated heterocycles. The molecule has 4 amide bonds. The number of amides is 4. The highest BCUT2D eigenvalue weighted by atomic mass is 19.1. The highest BCUT2D eigenvalue weighted by molar-refractivity contribution is 5.88. The molecule has 6 aliphatic heterocycles. The molecule has 13 rings (SSSR count). The van der Waals surface area contributed by atoms with Crippen LogP contribution in [0.4, 0.5) is 38.5 Å². The van der Waals surface area contributed by atoms with Crippen molar-refractivity contribution in [1.82, 2.24) is 39.5 Å². The van der Waals surface area contributed by atoms with Crippen molar-refractivity contribution in [1.29, 1.82) is 0 Å². The summed E-state index contributed by atoms with van der Waals surface area (Å²) in [6.07, 6.45) is 9.21. The molecule has 8 heterocycles. The number of carbonyl (C=O) groups is 4. The smallest absolute Gasteiger partial charge is 0.407 e.